The van der Waals surface area contributed by atoms with E-state index < -0.39 is 12.0 Å². The topological polar surface area (TPSA) is 39.8 Å². The largest absolute Gasteiger partial charge is 0.377 e. The van der Waals surface area contributed by atoms with Gasteiger partial charge >= 0.3 is 5.69 Å². The van der Waals surface area contributed by atoms with Crippen LogP contribution in [0.3, 0.4) is 0 Å². The van der Waals surface area contributed by atoms with Gasteiger partial charge in [0, 0.05) is 6.42 Å². The van der Waals surface area contributed by atoms with Crippen LogP contribution in [0.15, 0.2) is 4.79 Å². The van der Waals surface area contributed by atoms with Gasteiger partial charge in [-0.15, -0.1) is 5.10 Å². The van der Waals surface area contributed by atoms with E-state index in [1.54, 1.807) is 0 Å². The van der Waals surface area contributed by atoms with Crippen LogP contribution in [0.25, 0.3) is 0 Å². The molecule has 2 rings (SSSR count). The monoisotopic (exact) mass is 175 g/mol. The van der Waals surface area contributed by atoms with Gasteiger partial charge in [0.15, 0.2) is 6.30 Å². The van der Waals surface area contributed by atoms with Gasteiger partial charge < -0.3 is 0 Å². The summed E-state index contributed by atoms with van der Waals surface area (Å²) >= 11 is 0. The van der Waals surface area contributed by atoms with Crippen molar-refractivity contribution in [2.24, 2.45) is 0 Å². The van der Waals surface area contributed by atoms with Gasteiger partial charge in [-0.1, -0.05) is 4.48 Å². The van der Waals surface area contributed by atoms with Crippen molar-refractivity contribution in [3.05, 3.63) is 16.3 Å². The van der Waals surface area contributed by atoms with Crippen molar-refractivity contribution >= 4 is 0 Å². The molecule has 1 aromatic heterocycles. The van der Waals surface area contributed by atoms with Crippen LogP contribution < -0.4 is 5.69 Å². The highest BCUT2D eigenvalue weighted by Crippen LogP contribution is 2.21. The third-order valence-electron chi connectivity index (χ3n) is 1.97. The van der Waals surface area contributed by atoms with Crippen LogP contribution in [0.1, 0.15) is 25.0 Å². The molecule has 1 aliphatic rings. The van der Waals surface area contributed by atoms with Crippen molar-refractivity contribution < 1.29 is 8.87 Å². The Labute approximate surface area is 66.4 Å². The lowest BCUT2D eigenvalue weighted by atomic mass is 10.1. The highest BCUT2D eigenvalue weighted by Gasteiger charge is 2.24. The molecule has 0 aromatic carbocycles. The zero-order chi connectivity index (χ0) is 8.72. The van der Waals surface area contributed by atoms with E-state index in [-0.39, 0.29) is 17.1 Å². The van der Waals surface area contributed by atoms with Gasteiger partial charge in [0.25, 0.3) is 0 Å². The standard InChI is InChI=1S/C6H7F2N3O/c7-4-2-1-3-5-9-11(8)6(12)10(4)5/h4H,1-3H2. The number of alkyl halides is 1. The predicted molar refractivity (Wildman–Crippen MR) is 36.1 cm³/mol. The van der Waals surface area contributed by atoms with E-state index in [1.165, 1.54) is 0 Å². The molecule has 0 radical (unpaired) electrons. The molecule has 0 amide bonds. The number of halogens is 2. The Morgan fingerprint density at radius 1 is 1.58 bits per heavy atom. The molecule has 6 heteroatoms. The summed E-state index contributed by atoms with van der Waals surface area (Å²) in [6, 6.07) is 0. The van der Waals surface area contributed by atoms with Crippen LogP contribution >= 0.6 is 0 Å². The molecule has 4 nitrogen and oxygen atoms in total. The van der Waals surface area contributed by atoms with Crippen molar-refractivity contribution in [1.29, 1.82) is 0 Å². The summed E-state index contributed by atoms with van der Waals surface area (Å²) in [5.74, 6) is 0.196. The molecule has 0 saturated carbocycles. The number of nitrogens with zero attached hydrogens (tertiary/aromatic N) is 3. The Bertz CT molecular complexity index is 356. The van der Waals surface area contributed by atoms with E-state index in [1.807, 2.05) is 0 Å². The second kappa shape index (κ2) is 2.40. The molecule has 0 N–H and O–H groups in total. The average Bonchev–Trinajstić information content (AvgIpc) is 2.29. The first-order chi connectivity index (χ1) is 5.70. The van der Waals surface area contributed by atoms with Gasteiger partial charge in [-0.25, -0.2) is 13.8 Å². The van der Waals surface area contributed by atoms with Gasteiger partial charge in [-0.2, -0.15) is 0 Å². The van der Waals surface area contributed by atoms with Gasteiger partial charge in [0.2, 0.25) is 0 Å². The summed E-state index contributed by atoms with van der Waals surface area (Å²) in [5, 5.41) is 3.26. The molecule has 0 saturated heterocycles. The maximum atomic E-state index is 13.0. The van der Waals surface area contributed by atoms with E-state index in [2.05, 4.69) is 5.10 Å². The Kier molecular flexibility index (Phi) is 1.49. The van der Waals surface area contributed by atoms with Crippen LogP contribution in [0.2, 0.25) is 0 Å². The number of hydrogen-bond donors (Lipinski definition) is 0. The molecule has 66 valence electrons. The molecule has 1 atom stereocenters. The second-order valence-electron chi connectivity index (χ2n) is 2.76. The van der Waals surface area contributed by atoms with Gasteiger partial charge in [-0.3, -0.25) is 0 Å². The van der Waals surface area contributed by atoms with E-state index in [4.69, 9.17) is 0 Å². The quantitative estimate of drug-likeness (QED) is 0.578. The maximum absolute atomic E-state index is 13.0. The molecule has 0 aliphatic carbocycles. The molecule has 0 spiro atoms. The molecule has 2 heterocycles. The average molecular weight is 175 g/mol. The van der Waals surface area contributed by atoms with E-state index >= 15 is 0 Å². The molecule has 1 aliphatic heterocycles. The fraction of sp³-hybridized carbons (Fsp3) is 0.667. The third kappa shape index (κ3) is 0.870. The predicted octanol–water partition coefficient (Wildman–Crippen LogP) is 0.582. The first-order valence-corrected chi connectivity index (χ1v) is 3.71. The van der Waals surface area contributed by atoms with Crippen molar-refractivity contribution in [3.8, 4) is 0 Å². The van der Waals surface area contributed by atoms with Crippen molar-refractivity contribution in [2.75, 3.05) is 0 Å². The van der Waals surface area contributed by atoms with Crippen LogP contribution in [0, 0.1) is 0 Å². The molecular weight excluding hydrogens is 168 g/mol. The lowest BCUT2D eigenvalue weighted by molar-refractivity contribution is 0.188. The summed E-state index contributed by atoms with van der Waals surface area (Å²) in [7, 11) is 0. The number of aromatic nitrogens is 3. The van der Waals surface area contributed by atoms with Crippen molar-refractivity contribution in [1.82, 2.24) is 14.6 Å². The Morgan fingerprint density at radius 3 is 3.00 bits per heavy atom. The van der Waals surface area contributed by atoms with Gasteiger partial charge in [0.05, 0.1) is 0 Å². The highest BCUT2D eigenvalue weighted by molar-refractivity contribution is 4.92. The number of rotatable bonds is 0. The zero-order valence-corrected chi connectivity index (χ0v) is 6.20. The number of aryl methyl sites for hydroxylation is 1. The number of hydrogen-bond acceptors (Lipinski definition) is 2. The maximum Gasteiger partial charge on any atom is 0.377 e. The van der Waals surface area contributed by atoms with E-state index in [0.717, 1.165) is 4.57 Å². The summed E-state index contributed by atoms with van der Waals surface area (Å²) in [5.41, 5.74) is -1.02. The Morgan fingerprint density at radius 2 is 2.33 bits per heavy atom. The first kappa shape index (κ1) is 7.45. The summed E-state index contributed by atoms with van der Waals surface area (Å²) in [6.45, 7) is 0. The van der Waals surface area contributed by atoms with E-state index in [0.29, 0.717) is 12.8 Å². The van der Waals surface area contributed by atoms with Crippen LogP contribution in [0.4, 0.5) is 8.87 Å². The molecular formula is C6H7F2N3O. The number of fused-ring (bicyclic) bond motifs is 1. The van der Waals surface area contributed by atoms with Gasteiger partial charge in [-0.05, 0) is 17.7 Å². The minimum Gasteiger partial charge on any atom is -0.245 e. The fourth-order valence-electron chi connectivity index (χ4n) is 1.40. The lowest BCUT2D eigenvalue weighted by Crippen LogP contribution is -2.26. The van der Waals surface area contributed by atoms with Gasteiger partial charge in [0.1, 0.15) is 5.82 Å². The minimum atomic E-state index is -1.41. The fourth-order valence-corrected chi connectivity index (χ4v) is 1.40. The molecule has 0 bridgehead atoms. The van der Waals surface area contributed by atoms with Crippen LogP contribution in [0.5, 0.6) is 0 Å². The Balaban J connectivity index is 2.61. The summed E-state index contributed by atoms with van der Waals surface area (Å²) < 4.78 is 26.2. The highest BCUT2D eigenvalue weighted by atomic mass is 19.2. The molecule has 12 heavy (non-hydrogen) atoms. The van der Waals surface area contributed by atoms with Crippen molar-refractivity contribution in [2.45, 2.75) is 25.6 Å². The SMILES string of the molecule is O=c1n(F)nc2n1C(F)CCC2. The van der Waals surface area contributed by atoms with Crippen LogP contribution in [-0.4, -0.2) is 14.6 Å². The van der Waals surface area contributed by atoms with E-state index in [9.17, 15) is 13.7 Å². The first-order valence-electron chi connectivity index (χ1n) is 3.71. The van der Waals surface area contributed by atoms with Crippen molar-refractivity contribution in [3.63, 3.8) is 0 Å². The normalized spacial score (nSPS) is 22.3. The third-order valence-corrected chi connectivity index (χ3v) is 1.97. The Hall–Kier alpha value is -1.20. The molecule has 1 aromatic rings. The smallest absolute Gasteiger partial charge is 0.245 e. The minimum absolute atomic E-state index is 0.196. The van der Waals surface area contributed by atoms with Crippen LogP contribution in [-0.2, 0) is 6.42 Å². The molecule has 0 fully saturated rings. The summed E-state index contributed by atoms with van der Waals surface area (Å²) in [6.07, 6.45) is -0.0752. The summed E-state index contributed by atoms with van der Waals surface area (Å²) in [4.78, 5) is 10.6. The second-order valence-corrected chi connectivity index (χ2v) is 2.76. The molecule has 1 unspecified atom stereocenters. The zero-order valence-electron chi connectivity index (χ0n) is 6.20. The lowest BCUT2D eigenvalue weighted by Gasteiger charge is -2.15.